The molecule has 94 valence electrons. The molecule has 3 nitrogen and oxygen atoms in total. The molecule has 16 heavy (non-hydrogen) atoms. The van der Waals surface area contributed by atoms with Crippen molar-refractivity contribution in [2.75, 3.05) is 14.2 Å². The van der Waals surface area contributed by atoms with Crippen molar-refractivity contribution in [1.82, 2.24) is 0 Å². The van der Waals surface area contributed by atoms with E-state index in [1.54, 1.807) is 20.3 Å². The minimum atomic E-state index is -1.86. The van der Waals surface area contributed by atoms with E-state index >= 15 is 0 Å². The van der Waals surface area contributed by atoms with Gasteiger partial charge in [0.25, 0.3) is 14.3 Å². The molecule has 0 amide bonds. The Labute approximate surface area is 100 Å². The molecule has 0 aliphatic carbocycles. The van der Waals surface area contributed by atoms with Crippen molar-refractivity contribution in [3.8, 4) is 0 Å². The van der Waals surface area contributed by atoms with Crippen LogP contribution in [0.1, 0.15) is 20.8 Å². The molecule has 0 fully saturated rings. The molecular formula is C12H24O3Si. The third kappa shape index (κ3) is 4.31. The number of rotatable bonds is 5. The molecular weight excluding hydrogens is 220 g/mol. The number of hydrogen-bond donors (Lipinski definition) is 0. The lowest BCUT2D eigenvalue weighted by atomic mass is 10.2. The summed E-state index contributed by atoms with van der Waals surface area (Å²) in [5, 5.41) is 0.138. The first-order chi connectivity index (χ1) is 7.14. The Bertz CT molecular complexity index is 274. The largest absolute Gasteiger partial charge is 0.519 e. The van der Waals surface area contributed by atoms with Crippen LogP contribution in [-0.4, -0.2) is 22.5 Å². The van der Waals surface area contributed by atoms with Crippen LogP contribution in [0, 0.1) is 0 Å². The Kier molecular flexibility index (Phi) is 5.13. The second kappa shape index (κ2) is 5.43. The molecule has 4 heteroatoms. The lowest BCUT2D eigenvalue weighted by Gasteiger charge is -2.36. The maximum atomic E-state index is 5.96. The number of hydrogen-bond acceptors (Lipinski definition) is 3. The van der Waals surface area contributed by atoms with Gasteiger partial charge in [-0.2, -0.15) is 0 Å². The highest BCUT2D eigenvalue weighted by atomic mass is 28.4. The lowest BCUT2D eigenvalue weighted by molar-refractivity contribution is 0.138. The van der Waals surface area contributed by atoms with E-state index in [4.69, 9.17) is 13.9 Å². The van der Waals surface area contributed by atoms with Gasteiger partial charge in [0.15, 0.2) is 0 Å². The van der Waals surface area contributed by atoms with Gasteiger partial charge in [-0.1, -0.05) is 27.4 Å². The summed E-state index contributed by atoms with van der Waals surface area (Å²) in [5.74, 6) is 0.994. The van der Waals surface area contributed by atoms with Gasteiger partial charge in [-0.05, 0) is 18.1 Å². The van der Waals surface area contributed by atoms with Crippen molar-refractivity contribution in [2.24, 2.45) is 0 Å². The van der Waals surface area contributed by atoms with Gasteiger partial charge in [-0.15, -0.1) is 0 Å². The topological polar surface area (TPSA) is 27.7 Å². The van der Waals surface area contributed by atoms with Crippen LogP contribution in [0.2, 0.25) is 18.1 Å². The summed E-state index contributed by atoms with van der Waals surface area (Å²) in [6.45, 7) is 14.6. The van der Waals surface area contributed by atoms with E-state index in [1.807, 2.05) is 0 Å². The summed E-state index contributed by atoms with van der Waals surface area (Å²) >= 11 is 0. The summed E-state index contributed by atoms with van der Waals surface area (Å²) in [5.41, 5.74) is 0. The molecule has 0 unspecified atom stereocenters. The van der Waals surface area contributed by atoms with Gasteiger partial charge < -0.3 is 13.9 Å². The van der Waals surface area contributed by atoms with Crippen molar-refractivity contribution in [3.05, 3.63) is 24.4 Å². The molecule has 0 rings (SSSR count). The maximum Gasteiger partial charge on any atom is 0.268 e. The standard InChI is InChI=1S/C12H24O3Si/c1-10(13-5)9-11(14-6)15-16(7,8)12(2,3)4/h9H,1H2,2-8H3. The summed E-state index contributed by atoms with van der Waals surface area (Å²) < 4.78 is 16.1. The van der Waals surface area contributed by atoms with Gasteiger partial charge in [0.1, 0.15) is 5.76 Å². The fraction of sp³-hybridized carbons (Fsp3) is 0.667. The number of ether oxygens (including phenoxy) is 2. The quantitative estimate of drug-likeness (QED) is 0.420. The van der Waals surface area contributed by atoms with Crippen molar-refractivity contribution in [3.63, 3.8) is 0 Å². The molecule has 0 aromatic rings. The predicted octanol–water partition coefficient (Wildman–Crippen LogP) is 3.66. The fourth-order valence-electron chi connectivity index (χ4n) is 0.725. The Morgan fingerprint density at radius 1 is 1.12 bits per heavy atom. The van der Waals surface area contributed by atoms with Crippen LogP contribution in [0.25, 0.3) is 0 Å². The first-order valence-corrected chi connectivity index (χ1v) is 8.22. The van der Waals surface area contributed by atoms with E-state index in [9.17, 15) is 0 Å². The highest BCUT2D eigenvalue weighted by Gasteiger charge is 2.39. The smallest absolute Gasteiger partial charge is 0.268 e. The molecule has 0 radical (unpaired) electrons. The first-order valence-electron chi connectivity index (χ1n) is 5.31. The van der Waals surface area contributed by atoms with Gasteiger partial charge in [-0.25, -0.2) is 0 Å². The summed E-state index contributed by atoms with van der Waals surface area (Å²) in [7, 11) is 1.29. The van der Waals surface area contributed by atoms with Crippen LogP contribution in [0.5, 0.6) is 0 Å². The van der Waals surface area contributed by atoms with Crippen LogP contribution in [0.15, 0.2) is 24.4 Å². The molecule has 0 aliphatic heterocycles. The molecule has 0 aliphatic rings. The van der Waals surface area contributed by atoms with Crippen LogP contribution in [0.4, 0.5) is 0 Å². The van der Waals surface area contributed by atoms with E-state index in [0.29, 0.717) is 11.7 Å². The zero-order valence-corrected chi connectivity index (χ0v) is 12.5. The van der Waals surface area contributed by atoms with Crippen LogP contribution < -0.4 is 0 Å². The second-order valence-corrected chi connectivity index (χ2v) is 9.93. The molecule has 0 saturated carbocycles. The van der Waals surface area contributed by atoms with Crippen molar-refractivity contribution in [2.45, 2.75) is 38.9 Å². The number of methoxy groups -OCH3 is 2. The zero-order valence-electron chi connectivity index (χ0n) is 11.5. The normalized spacial score (nSPS) is 13.3. The maximum absolute atomic E-state index is 5.96. The molecule has 0 aromatic carbocycles. The van der Waals surface area contributed by atoms with E-state index in [0.717, 1.165) is 0 Å². The predicted molar refractivity (Wildman–Crippen MR) is 69.5 cm³/mol. The Hall–Kier alpha value is -0.903. The lowest BCUT2D eigenvalue weighted by Crippen LogP contribution is -2.40. The number of allylic oxidation sites excluding steroid dienone is 1. The summed E-state index contributed by atoms with van der Waals surface area (Å²) in [6, 6.07) is 0. The summed E-state index contributed by atoms with van der Waals surface area (Å²) in [4.78, 5) is 0. The van der Waals surface area contributed by atoms with E-state index in [2.05, 4.69) is 40.4 Å². The molecule has 0 spiro atoms. The first kappa shape index (κ1) is 15.1. The van der Waals surface area contributed by atoms with Crippen molar-refractivity contribution in [1.29, 1.82) is 0 Å². The average Bonchev–Trinajstić information content (AvgIpc) is 2.14. The zero-order chi connectivity index (χ0) is 13.0. The third-order valence-corrected chi connectivity index (χ3v) is 7.23. The molecule has 0 atom stereocenters. The van der Waals surface area contributed by atoms with Crippen molar-refractivity contribution >= 4 is 8.32 Å². The fourth-order valence-corrected chi connectivity index (χ4v) is 1.68. The van der Waals surface area contributed by atoms with E-state index < -0.39 is 8.32 Å². The van der Waals surface area contributed by atoms with Crippen molar-refractivity contribution < 1.29 is 13.9 Å². The third-order valence-electron chi connectivity index (χ3n) is 2.90. The summed E-state index contributed by atoms with van der Waals surface area (Å²) in [6.07, 6.45) is 1.67. The van der Waals surface area contributed by atoms with E-state index in [1.165, 1.54) is 0 Å². The van der Waals surface area contributed by atoms with Crippen LogP contribution in [-0.2, 0) is 13.9 Å². The molecule has 0 bridgehead atoms. The Morgan fingerprint density at radius 2 is 1.62 bits per heavy atom. The van der Waals surface area contributed by atoms with Gasteiger partial charge in [-0.3, -0.25) is 0 Å². The molecule has 0 saturated heterocycles. The van der Waals surface area contributed by atoms with Crippen LogP contribution in [0.3, 0.4) is 0 Å². The molecule has 0 heterocycles. The SMILES string of the molecule is C=C(C=C(OC)O[Si](C)(C)C(C)(C)C)OC. The van der Waals surface area contributed by atoms with Gasteiger partial charge in [0.05, 0.1) is 20.3 Å². The minimum Gasteiger partial charge on any atom is -0.519 e. The Balaban J connectivity index is 4.80. The minimum absolute atomic E-state index is 0.138. The molecule has 0 aromatic heterocycles. The van der Waals surface area contributed by atoms with Crippen LogP contribution >= 0.6 is 0 Å². The molecule has 0 N–H and O–H groups in total. The highest BCUT2D eigenvalue weighted by molar-refractivity contribution is 6.74. The van der Waals surface area contributed by atoms with Gasteiger partial charge in [0, 0.05) is 0 Å². The monoisotopic (exact) mass is 244 g/mol. The van der Waals surface area contributed by atoms with Gasteiger partial charge in [0.2, 0.25) is 0 Å². The van der Waals surface area contributed by atoms with E-state index in [-0.39, 0.29) is 5.04 Å². The second-order valence-electron chi connectivity index (χ2n) is 5.20. The average molecular weight is 244 g/mol. The highest BCUT2D eigenvalue weighted by Crippen LogP contribution is 2.38. The van der Waals surface area contributed by atoms with Gasteiger partial charge >= 0.3 is 0 Å². The Morgan fingerprint density at radius 3 is 1.94 bits per heavy atom.